The van der Waals surface area contributed by atoms with Crippen LogP contribution in [0.3, 0.4) is 0 Å². The third-order valence-corrected chi connectivity index (χ3v) is 8.13. The van der Waals surface area contributed by atoms with Gasteiger partial charge in [-0.3, -0.25) is 9.48 Å². The van der Waals surface area contributed by atoms with E-state index < -0.39 is 0 Å². The number of piperazine rings is 1. The van der Waals surface area contributed by atoms with E-state index in [1.807, 2.05) is 44.6 Å². The maximum absolute atomic E-state index is 13.8. The number of hydrogen-bond donors (Lipinski definition) is 1. The molecule has 1 N–H and O–H groups in total. The minimum atomic E-state index is -0.388. The molecule has 4 aromatic rings. The van der Waals surface area contributed by atoms with Gasteiger partial charge in [0.25, 0.3) is 5.91 Å². The Bertz CT molecular complexity index is 1490. The van der Waals surface area contributed by atoms with Crippen molar-refractivity contribution in [2.75, 3.05) is 31.6 Å². The normalized spacial score (nSPS) is 19.2. The Hall–Kier alpha value is -3.71. The number of carbonyl (C=O) groups is 1. The molecule has 190 valence electrons. The molecule has 2 aromatic carbocycles. The lowest BCUT2D eigenvalue weighted by molar-refractivity contribution is 0.0930. The van der Waals surface area contributed by atoms with Crippen molar-refractivity contribution >= 4 is 22.5 Å². The molecule has 1 amide bonds. The van der Waals surface area contributed by atoms with E-state index >= 15 is 0 Å². The summed E-state index contributed by atoms with van der Waals surface area (Å²) in [5, 5.41) is 8.87. The summed E-state index contributed by atoms with van der Waals surface area (Å²) in [6.45, 7) is 7.23. The Kier molecular flexibility index (Phi) is 5.75. The molecule has 0 radical (unpaired) electrons. The number of nitrogens with zero attached hydrogens (tertiary/aromatic N) is 5. The van der Waals surface area contributed by atoms with Crippen molar-refractivity contribution in [2.24, 2.45) is 7.05 Å². The number of hydrogen-bond acceptors (Lipinski definition) is 5. The number of aromatic nitrogens is 3. The van der Waals surface area contributed by atoms with Crippen LogP contribution < -0.4 is 10.2 Å². The van der Waals surface area contributed by atoms with Crippen LogP contribution >= 0.6 is 0 Å². The van der Waals surface area contributed by atoms with Crippen LogP contribution in [0.5, 0.6) is 0 Å². The van der Waals surface area contributed by atoms with Gasteiger partial charge >= 0.3 is 0 Å². The number of aryl methyl sites for hydroxylation is 2. The van der Waals surface area contributed by atoms with Gasteiger partial charge in [0.1, 0.15) is 0 Å². The van der Waals surface area contributed by atoms with E-state index in [1.54, 1.807) is 4.68 Å². The van der Waals surface area contributed by atoms with Gasteiger partial charge in [-0.2, -0.15) is 5.10 Å². The van der Waals surface area contributed by atoms with Crippen LogP contribution in [0.15, 0.2) is 60.9 Å². The van der Waals surface area contributed by atoms with Gasteiger partial charge in [-0.25, -0.2) is 4.98 Å². The summed E-state index contributed by atoms with van der Waals surface area (Å²) >= 11 is 0. The fraction of sp³-hybridized carbons (Fsp3) is 0.367. The molecule has 2 aromatic heterocycles. The van der Waals surface area contributed by atoms with Crippen LogP contribution in [0.2, 0.25) is 0 Å². The zero-order valence-corrected chi connectivity index (χ0v) is 22.0. The Morgan fingerprint density at radius 1 is 1.08 bits per heavy atom. The fourth-order valence-electron chi connectivity index (χ4n) is 5.48. The standard InChI is InChI=1S/C30H34N6O/c1-20-9-10-23(36-14-13-34(3)21(2)18-36)15-25(20)29(37)33-30(11-12-30)26-16-28(22-17-31-35(4)19-22)32-27-8-6-5-7-24(26)27/h5-10,15-17,19,21H,11-14,18H2,1-4H3,(H,33,37)/t21-/m0/s1. The van der Waals surface area contributed by atoms with Gasteiger partial charge in [-0.1, -0.05) is 24.3 Å². The Morgan fingerprint density at radius 2 is 1.89 bits per heavy atom. The molecule has 7 heteroatoms. The first-order valence-electron chi connectivity index (χ1n) is 13.1. The Morgan fingerprint density at radius 3 is 2.62 bits per heavy atom. The van der Waals surface area contributed by atoms with Crippen LogP contribution in [0, 0.1) is 6.92 Å². The fourth-order valence-corrected chi connectivity index (χ4v) is 5.48. The van der Waals surface area contributed by atoms with E-state index in [0.717, 1.165) is 77.0 Å². The quantitative estimate of drug-likeness (QED) is 0.442. The van der Waals surface area contributed by atoms with Gasteiger partial charge in [0.15, 0.2) is 0 Å². The van der Waals surface area contributed by atoms with Crippen LogP contribution in [-0.2, 0) is 12.6 Å². The minimum Gasteiger partial charge on any atom is -0.369 e. The van der Waals surface area contributed by atoms with Gasteiger partial charge in [0, 0.05) is 61.1 Å². The molecule has 37 heavy (non-hydrogen) atoms. The number of anilines is 1. The molecular weight excluding hydrogens is 460 g/mol. The maximum atomic E-state index is 13.8. The molecule has 2 aliphatic rings. The van der Waals surface area contributed by atoms with E-state index in [-0.39, 0.29) is 11.4 Å². The van der Waals surface area contributed by atoms with Gasteiger partial charge < -0.3 is 15.1 Å². The van der Waals surface area contributed by atoms with Gasteiger partial charge in [-0.15, -0.1) is 0 Å². The van der Waals surface area contributed by atoms with E-state index in [0.29, 0.717) is 6.04 Å². The average Bonchev–Trinajstić information content (AvgIpc) is 3.54. The molecule has 1 saturated carbocycles. The highest BCUT2D eigenvalue weighted by molar-refractivity contribution is 5.98. The Balaban J connectivity index is 1.33. The third kappa shape index (κ3) is 4.37. The number of likely N-dealkylation sites (N-methyl/N-ethyl adjacent to an activating group) is 1. The number of carbonyl (C=O) groups excluding carboxylic acids is 1. The highest BCUT2D eigenvalue weighted by Gasteiger charge is 2.47. The van der Waals surface area contributed by atoms with Crippen molar-refractivity contribution in [3.8, 4) is 11.3 Å². The number of benzene rings is 2. The lowest BCUT2D eigenvalue weighted by Gasteiger charge is -2.39. The number of nitrogens with one attached hydrogen (secondary N) is 1. The summed E-state index contributed by atoms with van der Waals surface area (Å²) in [5.41, 5.74) is 6.39. The molecule has 7 nitrogen and oxygen atoms in total. The molecule has 3 heterocycles. The first kappa shape index (κ1) is 23.7. The molecule has 6 rings (SSSR count). The molecule has 1 aliphatic carbocycles. The largest absolute Gasteiger partial charge is 0.369 e. The predicted molar refractivity (Wildman–Crippen MR) is 148 cm³/mol. The zero-order valence-electron chi connectivity index (χ0n) is 22.0. The van der Waals surface area contributed by atoms with Gasteiger partial charge in [0.05, 0.1) is 22.9 Å². The molecule has 0 spiro atoms. The predicted octanol–water partition coefficient (Wildman–Crippen LogP) is 4.50. The lowest BCUT2D eigenvalue weighted by atomic mass is 9.96. The van der Waals surface area contributed by atoms with Crippen molar-refractivity contribution in [2.45, 2.75) is 38.3 Å². The number of fused-ring (bicyclic) bond motifs is 1. The van der Waals surface area contributed by atoms with Crippen LogP contribution in [0.4, 0.5) is 5.69 Å². The van der Waals surface area contributed by atoms with Gasteiger partial charge in [0.2, 0.25) is 0 Å². The number of amides is 1. The molecule has 0 unspecified atom stereocenters. The molecule has 2 fully saturated rings. The van der Waals surface area contributed by atoms with E-state index in [9.17, 15) is 4.79 Å². The van der Waals surface area contributed by atoms with Crippen LogP contribution in [0.1, 0.15) is 41.3 Å². The van der Waals surface area contributed by atoms with Crippen molar-refractivity contribution < 1.29 is 4.79 Å². The molecule has 1 aliphatic heterocycles. The first-order valence-corrected chi connectivity index (χ1v) is 13.1. The second-order valence-electron chi connectivity index (χ2n) is 10.8. The monoisotopic (exact) mass is 494 g/mol. The second-order valence-corrected chi connectivity index (χ2v) is 10.8. The Labute approximate surface area is 218 Å². The minimum absolute atomic E-state index is 0.0113. The SMILES string of the molecule is Cc1ccc(N2CCN(C)[C@@H](C)C2)cc1C(=O)NC1(c2cc(-c3cnn(C)c3)nc3ccccc23)CC1. The lowest BCUT2D eigenvalue weighted by Crippen LogP contribution is -2.50. The van der Waals surface area contributed by atoms with E-state index in [4.69, 9.17) is 4.98 Å². The third-order valence-electron chi connectivity index (χ3n) is 8.13. The average molecular weight is 495 g/mol. The van der Waals surface area contributed by atoms with Crippen molar-refractivity contribution in [1.29, 1.82) is 0 Å². The van der Waals surface area contributed by atoms with Gasteiger partial charge in [-0.05, 0) is 69.1 Å². The van der Waals surface area contributed by atoms with Crippen LogP contribution in [0.25, 0.3) is 22.2 Å². The summed E-state index contributed by atoms with van der Waals surface area (Å²) in [5.74, 6) is -0.0113. The smallest absolute Gasteiger partial charge is 0.252 e. The van der Waals surface area contributed by atoms with E-state index in [1.165, 1.54) is 0 Å². The summed E-state index contributed by atoms with van der Waals surface area (Å²) in [4.78, 5) is 23.5. The summed E-state index contributed by atoms with van der Waals surface area (Å²) in [7, 11) is 4.08. The van der Waals surface area contributed by atoms with E-state index in [2.05, 4.69) is 64.5 Å². The van der Waals surface area contributed by atoms with Crippen molar-refractivity contribution in [1.82, 2.24) is 25.0 Å². The molecule has 1 saturated heterocycles. The van der Waals surface area contributed by atoms with Crippen LogP contribution in [-0.4, -0.2) is 58.3 Å². The molecule has 1 atom stereocenters. The second kappa shape index (κ2) is 8.99. The number of pyridine rings is 1. The first-order chi connectivity index (χ1) is 17.8. The summed E-state index contributed by atoms with van der Waals surface area (Å²) in [6, 6.07) is 17.1. The summed E-state index contributed by atoms with van der Waals surface area (Å²) < 4.78 is 1.79. The number of rotatable bonds is 5. The molecular formula is C30H34N6O. The zero-order chi connectivity index (χ0) is 25.7. The highest BCUT2D eigenvalue weighted by Crippen LogP contribution is 2.49. The molecule has 0 bridgehead atoms. The van der Waals surface area contributed by atoms with Crippen molar-refractivity contribution in [3.63, 3.8) is 0 Å². The maximum Gasteiger partial charge on any atom is 0.252 e. The van der Waals surface area contributed by atoms with Crippen molar-refractivity contribution in [3.05, 3.63) is 77.6 Å². The summed E-state index contributed by atoms with van der Waals surface area (Å²) in [6.07, 6.45) is 5.64. The number of para-hydroxylation sites is 1. The topological polar surface area (TPSA) is 66.3 Å². The highest BCUT2D eigenvalue weighted by atomic mass is 16.1.